The molecule has 5 nitrogen and oxygen atoms in total. The number of aliphatic hydroxyl groups is 1. The van der Waals surface area contributed by atoms with Crippen molar-refractivity contribution in [1.82, 2.24) is 0 Å². The minimum Gasteiger partial charge on any atom is -0.469 e. The summed E-state index contributed by atoms with van der Waals surface area (Å²) < 4.78 is 10.9. The molecule has 5 heteroatoms. The molecule has 0 heterocycles. The van der Waals surface area contributed by atoms with Gasteiger partial charge < -0.3 is 14.6 Å². The smallest absolute Gasteiger partial charge is 0.305 e. The number of rotatable bonds is 5. The average Bonchev–Trinajstić information content (AvgIpc) is 3.03. The molecule has 0 aromatic carbocycles. The number of carbonyl (C=O) groups is 2. The Hall–Kier alpha value is -1.10. The molecule has 0 aromatic rings. The minimum atomic E-state index is -0.367. The topological polar surface area (TPSA) is 72.8 Å². The summed E-state index contributed by atoms with van der Waals surface area (Å²) in [5.41, 5.74) is 0.295. The van der Waals surface area contributed by atoms with Gasteiger partial charge in [0, 0.05) is 19.3 Å². The van der Waals surface area contributed by atoms with Gasteiger partial charge in [0.2, 0.25) is 0 Å². The first-order valence-corrected chi connectivity index (χ1v) is 13.4. The fraction of sp³-hybridized carbons (Fsp3) is 0.929. The van der Waals surface area contributed by atoms with Crippen LogP contribution in [0.15, 0.2) is 0 Å². The molecule has 0 radical (unpaired) electrons. The van der Waals surface area contributed by atoms with Crippen molar-refractivity contribution < 1.29 is 24.2 Å². The molecule has 4 aliphatic carbocycles. The Labute approximate surface area is 200 Å². The molecule has 0 amide bonds. The van der Waals surface area contributed by atoms with E-state index < -0.39 is 0 Å². The van der Waals surface area contributed by atoms with E-state index in [4.69, 9.17) is 9.47 Å². The fourth-order valence-electron chi connectivity index (χ4n) is 9.38. The lowest BCUT2D eigenvalue weighted by Crippen LogP contribution is -2.60. The van der Waals surface area contributed by atoms with Crippen LogP contribution >= 0.6 is 0 Å². The highest BCUT2D eigenvalue weighted by atomic mass is 16.5. The van der Waals surface area contributed by atoms with Gasteiger partial charge in [-0.15, -0.1) is 0 Å². The number of fused-ring (bicyclic) bond motifs is 5. The Morgan fingerprint density at radius 1 is 1.09 bits per heavy atom. The first kappa shape index (κ1) is 25.0. The van der Waals surface area contributed by atoms with Crippen LogP contribution in [0.3, 0.4) is 0 Å². The first-order chi connectivity index (χ1) is 15.5. The van der Waals surface area contributed by atoms with Crippen LogP contribution in [0.1, 0.15) is 92.4 Å². The Morgan fingerprint density at radius 3 is 2.45 bits per heavy atom. The zero-order valence-corrected chi connectivity index (χ0v) is 21.6. The zero-order valence-electron chi connectivity index (χ0n) is 21.6. The molecule has 188 valence electrons. The maximum absolute atomic E-state index is 12.2. The van der Waals surface area contributed by atoms with Gasteiger partial charge in [-0.3, -0.25) is 9.59 Å². The lowest BCUT2D eigenvalue weighted by atomic mass is 9.43. The number of hydrogen-bond acceptors (Lipinski definition) is 5. The van der Waals surface area contributed by atoms with Crippen molar-refractivity contribution in [3.05, 3.63) is 0 Å². The highest BCUT2D eigenvalue weighted by molar-refractivity contribution is 5.69. The number of hydrogen-bond donors (Lipinski definition) is 1. The third-order valence-electron chi connectivity index (χ3n) is 11.0. The molecule has 4 aliphatic rings. The number of esters is 2. The van der Waals surface area contributed by atoms with E-state index in [1.807, 2.05) is 0 Å². The second-order valence-corrected chi connectivity index (χ2v) is 12.7. The lowest BCUT2D eigenvalue weighted by molar-refractivity contribution is -0.199. The number of methoxy groups -OCH3 is 1. The Balaban J connectivity index is 1.64. The Morgan fingerprint density at radius 2 is 1.79 bits per heavy atom. The van der Waals surface area contributed by atoms with Crippen molar-refractivity contribution in [3.63, 3.8) is 0 Å². The van der Waals surface area contributed by atoms with Gasteiger partial charge in [-0.05, 0) is 91.3 Å². The monoisotopic (exact) mass is 462 g/mol. The first-order valence-electron chi connectivity index (χ1n) is 13.4. The highest BCUT2D eigenvalue weighted by Gasteiger charge is 2.65. The largest absolute Gasteiger partial charge is 0.469 e. The summed E-state index contributed by atoms with van der Waals surface area (Å²) in [5, 5.41) is 11.5. The van der Waals surface area contributed by atoms with Crippen LogP contribution in [0, 0.1) is 52.3 Å². The molecular weight excluding hydrogens is 416 g/mol. The van der Waals surface area contributed by atoms with Gasteiger partial charge in [0.15, 0.2) is 0 Å². The summed E-state index contributed by atoms with van der Waals surface area (Å²) in [7, 11) is 1.45. The van der Waals surface area contributed by atoms with Crippen molar-refractivity contribution in [2.75, 3.05) is 7.11 Å². The summed E-state index contributed by atoms with van der Waals surface area (Å²) in [6, 6.07) is 0. The van der Waals surface area contributed by atoms with Crippen molar-refractivity contribution in [2.24, 2.45) is 52.3 Å². The summed E-state index contributed by atoms with van der Waals surface area (Å²) in [6.45, 7) is 11.0. The van der Waals surface area contributed by atoms with Gasteiger partial charge in [0.1, 0.15) is 6.10 Å². The Bertz CT molecular complexity index is 751. The normalized spacial score (nSPS) is 47.6. The third kappa shape index (κ3) is 4.25. The summed E-state index contributed by atoms with van der Waals surface area (Å²) in [6.07, 6.45) is 8.56. The zero-order chi connectivity index (χ0) is 24.1. The van der Waals surface area contributed by atoms with Gasteiger partial charge in [0.25, 0.3) is 0 Å². The molecule has 4 saturated carbocycles. The van der Waals surface area contributed by atoms with Crippen LogP contribution in [-0.2, 0) is 19.1 Å². The minimum absolute atomic E-state index is 0.0136. The average molecular weight is 463 g/mol. The van der Waals surface area contributed by atoms with Crippen molar-refractivity contribution in [3.8, 4) is 0 Å². The second kappa shape index (κ2) is 9.17. The van der Waals surface area contributed by atoms with E-state index >= 15 is 0 Å². The predicted molar refractivity (Wildman–Crippen MR) is 127 cm³/mol. The van der Waals surface area contributed by atoms with Gasteiger partial charge in [-0.25, -0.2) is 0 Å². The molecule has 0 aliphatic heterocycles. The molecule has 11 atom stereocenters. The number of ether oxygens (including phenoxy) is 2. The molecule has 0 aromatic heterocycles. The van der Waals surface area contributed by atoms with Crippen molar-refractivity contribution in [2.45, 2.75) is 105 Å². The van der Waals surface area contributed by atoms with Gasteiger partial charge in [-0.2, -0.15) is 0 Å². The van der Waals surface area contributed by atoms with E-state index in [0.29, 0.717) is 30.1 Å². The van der Waals surface area contributed by atoms with Crippen LogP contribution in [0.5, 0.6) is 0 Å². The van der Waals surface area contributed by atoms with Crippen LogP contribution < -0.4 is 0 Å². The molecule has 1 N–H and O–H groups in total. The van der Waals surface area contributed by atoms with Gasteiger partial charge in [-0.1, -0.05) is 34.1 Å². The standard InChI is InChI=1S/C28H46O5/c1-16-9-11-27(4)19(13-16)14-23(33-18(3)29)25-20(27)10-12-28(5)21(15-22(30)26(25)28)17(2)7-8-24(31)32-6/h16-17,19-23,25-26,30H,7-15H2,1-6H3/t16-,17-,19+,20?,21-,22+,23-,25?,26+,27+,28-/m1/s1. The quantitative estimate of drug-likeness (QED) is 0.555. The molecule has 0 spiro atoms. The molecule has 2 unspecified atom stereocenters. The van der Waals surface area contributed by atoms with Crippen molar-refractivity contribution >= 4 is 11.9 Å². The molecule has 0 bridgehead atoms. The molecular formula is C28H46O5. The van der Waals surface area contributed by atoms with E-state index in [2.05, 4.69) is 27.7 Å². The van der Waals surface area contributed by atoms with Crippen LogP contribution in [0.2, 0.25) is 0 Å². The maximum Gasteiger partial charge on any atom is 0.305 e. The summed E-state index contributed by atoms with van der Waals surface area (Å²) in [5.74, 6) is 2.61. The van der Waals surface area contributed by atoms with E-state index in [1.165, 1.54) is 33.3 Å². The summed E-state index contributed by atoms with van der Waals surface area (Å²) in [4.78, 5) is 23.9. The number of aliphatic hydroxyl groups excluding tert-OH is 1. The van der Waals surface area contributed by atoms with Gasteiger partial charge >= 0.3 is 11.9 Å². The second-order valence-electron chi connectivity index (χ2n) is 12.7. The molecule has 4 rings (SSSR count). The molecule has 33 heavy (non-hydrogen) atoms. The SMILES string of the molecule is COC(=O)CC[C@@H](C)[C@H]1C[C@H](O)[C@H]2C3C(CC[C@]12C)[C@@]1(C)CC[C@@H](C)C[C@H]1C[C@H]3OC(C)=O. The fourth-order valence-corrected chi connectivity index (χ4v) is 9.38. The third-order valence-corrected chi connectivity index (χ3v) is 11.0. The lowest BCUT2D eigenvalue weighted by Gasteiger charge is -2.63. The van der Waals surface area contributed by atoms with E-state index in [9.17, 15) is 14.7 Å². The highest BCUT2D eigenvalue weighted by Crippen LogP contribution is 2.69. The van der Waals surface area contributed by atoms with Gasteiger partial charge in [0.05, 0.1) is 13.2 Å². The summed E-state index contributed by atoms with van der Waals surface area (Å²) >= 11 is 0. The van der Waals surface area contributed by atoms with E-state index in [1.54, 1.807) is 0 Å². The van der Waals surface area contributed by atoms with Crippen molar-refractivity contribution in [1.29, 1.82) is 0 Å². The van der Waals surface area contributed by atoms with Crippen LogP contribution in [0.25, 0.3) is 0 Å². The maximum atomic E-state index is 12.2. The van der Waals surface area contributed by atoms with Crippen LogP contribution in [0.4, 0.5) is 0 Å². The molecule has 4 fully saturated rings. The van der Waals surface area contributed by atoms with Crippen LogP contribution in [-0.4, -0.2) is 36.4 Å². The van der Waals surface area contributed by atoms with E-state index in [-0.39, 0.29) is 46.8 Å². The predicted octanol–water partition coefficient (Wildman–Crippen LogP) is 5.38. The number of carbonyl (C=O) groups excluding carboxylic acids is 2. The molecule has 0 saturated heterocycles. The van der Waals surface area contributed by atoms with E-state index in [0.717, 1.165) is 38.0 Å². The Kier molecular flexibility index (Phi) is 6.95.